The van der Waals surface area contributed by atoms with Gasteiger partial charge in [-0.15, -0.1) is 0 Å². The fourth-order valence-electron chi connectivity index (χ4n) is 5.07. The molecule has 0 aromatic carbocycles. The number of phosphoric acid groups is 1. The van der Waals surface area contributed by atoms with Crippen LogP contribution in [-0.2, 0) is 32.7 Å². The van der Waals surface area contributed by atoms with Crippen molar-refractivity contribution in [3.63, 3.8) is 0 Å². The molecule has 0 heterocycles. The van der Waals surface area contributed by atoms with Gasteiger partial charge in [0.05, 0.1) is 13.2 Å². The van der Waals surface area contributed by atoms with E-state index in [2.05, 4.69) is 86.8 Å². The lowest BCUT2D eigenvalue weighted by atomic mass is 10.1. The third kappa shape index (κ3) is 39.0. The summed E-state index contributed by atoms with van der Waals surface area (Å²) < 4.78 is 32.6. The lowest BCUT2D eigenvalue weighted by Crippen LogP contribution is -2.29. The molecule has 0 aromatic rings. The van der Waals surface area contributed by atoms with Crippen LogP contribution in [0.5, 0.6) is 0 Å². The van der Waals surface area contributed by atoms with Gasteiger partial charge in [-0.05, 0) is 77.0 Å². The maximum Gasteiger partial charge on any atom is 0.472 e. The van der Waals surface area contributed by atoms with Gasteiger partial charge in [-0.2, -0.15) is 0 Å². The molecular weight excluding hydrogens is 689 g/mol. The van der Waals surface area contributed by atoms with Crippen LogP contribution in [0, 0.1) is 0 Å². The predicted molar refractivity (Wildman–Crippen MR) is 219 cm³/mol. The minimum Gasteiger partial charge on any atom is -0.462 e. The van der Waals surface area contributed by atoms with Crippen molar-refractivity contribution in [1.82, 2.24) is 0 Å². The van der Waals surface area contributed by atoms with Crippen molar-refractivity contribution in [2.24, 2.45) is 5.73 Å². The highest BCUT2D eigenvalue weighted by Crippen LogP contribution is 2.43. The first-order valence-corrected chi connectivity index (χ1v) is 21.9. The summed E-state index contributed by atoms with van der Waals surface area (Å²) in [5.41, 5.74) is 5.33. The Hall–Kier alpha value is -2.55. The average Bonchev–Trinajstić information content (AvgIpc) is 3.14. The summed E-state index contributed by atoms with van der Waals surface area (Å²) in [6, 6.07) is 0. The molecule has 0 radical (unpaired) electrons. The molecule has 0 aliphatic rings. The van der Waals surface area contributed by atoms with Crippen molar-refractivity contribution in [2.45, 2.75) is 161 Å². The highest BCUT2D eigenvalue weighted by molar-refractivity contribution is 7.47. The van der Waals surface area contributed by atoms with E-state index in [0.717, 1.165) is 57.8 Å². The topological polar surface area (TPSA) is 134 Å². The van der Waals surface area contributed by atoms with Gasteiger partial charge in [0.1, 0.15) is 6.61 Å². The summed E-state index contributed by atoms with van der Waals surface area (Å²) in [4.78, 5) is 34.8. The molecule has 53 heavy (non-hydrogen) atoms. The van der Waals surface area contributed by atoms with Gasteiger partial charge in [0, 0.05) is 19.4 Å². The molecule has 0 aromatic heterocycles. The van der Waals surface area contributed by atoms with Crippen LogP contribution in [0.4, 0.5) is 0 Å². The van der Waals surface area contributed by atoms with Crippen LogP contribution in [-0.4, -0.2) is 49.3 Å². The molecule has 0 spiro atoms. The van der Waals surface area contributed by atoms with Crippen LogP contribution in [0.2, 0.25) is 0 Å². The first-order chi connectivity index (χ1) is 25.8. The minimum absolute atomic E-state index is 0.0380. The number of rotatable bonds is 37. The number of phosphoric ester groups is 1. The van der Waals surface area contributed by atoms with Gasteiger partial charge in [0.25, 0.3) is 0 Å². The Kier molecular flexibility index (Phi) is 37.3. The van der Waals surface area contributed by atoms with Gasteiger partial charge >= 0.3 is 19.8 Å². The lowest BCUT2D eigenvalue weighted by molar-refractivity contribution is -0.161. The maximum atomic E-state index is 12.5. The highest BCUT2D eigenvalue weighted by atomic mass is 31.2. The molecule has 304 valence electrons. The van der Waals surface area contributed by atoms with Crippen LogP contribution in [0.15, 0.2) is 72.9 Å². The molecule has 1 unspecified atom stereocenters. The van der Waals surface area contributed by atoms with E-state index in [0.29, 0.717) is 12.8 Å². The van der Waals surface area contributed by atoms with Crippen LogP contribution in [0.3, 0.4) is 0 Å². The van der Waals surface area contributed by atoms with Crippen LogP contribution < -0.4 is 5.73 Å². The molecular formula is C43H74NO8P. The van der Waals surface area contributed by atoms with Gasteiger partial charge in [-0.3, -0.25) is 18.6 Å². The summed E-state index contributed by atoms with van der Waals surface area (Å²) in [6.45, 7) is 3.50. The average molecular weight is 764 g/mol. The number of unbranched alkanes of at least 4 members (excludes halogenated alkanes) is 12. The Morgan fingerprint density at radius 3 is 1.60 bits per heavy atom. The van der Waals surface area contributed by atoms with E-state index < -0.39 is 32.5 Å². The summed E-state index contributed by atoms with van der Waals surface area (Å²) in [6.07, 6.45) is 46.6. The first-order valence-electron chi connectivity index (χ1n) is 20.4. The molecule has 2 atom stereocenters. The largest absolute Gasteiger partial charge is 0.472 e. The van der Waals surface area contributed by atoms with Gasteiger partial charge in [-0.25, -0.2) is 4.57 Å². The molecule has 0 bridgehead atoms. The van der Waals surface area contributed by atoms with Crippen molar-refractivity contribution in [1.29, 1.82) is 0 Å². The number of hydrogen-bond donors (Lipinski definition) is 2. The van der Waals surface area contributed by atoms with E-state index in [1.807, 2.05) is 0 Å². The summed E-state index contributed by atoms with van der Waals surface area (Å²) >= 11 is 0. The van der Waals surface area contributed by atoms with E-state index in [-0.39, 0.29) is 32.6 Å². The summed E-state index contributed by atoms with van der Waals surface area (Å²) in [5, 5.41) is 0. The molecule has 0 aliphatic carbocycles. The second kappa shape index (κ2) is 39.2. The van der Waals surface area contributed by atoms with Crippen molar-refractivity contribution >= 4 is 19.8 Å². The molecule has 0 amide bonds. The van der Waals surface area contributed by atoms with E-state index in [1.165, 1.54) is 57.8 Å². The summed E-state index contributed by atoms with van der Waals surface area (Å²) in [5.74, 6) is -0.937. The molecule has 10 heteroatoms. The smallest absolute Gasteiger partial charge is 0.462 e. The highest BCUT2D eigenvalue weighted by Gasteiger charge is 2.25. The standard InChI is InChI=1S/C43H74NO8P/c1-3-5-7-9-11-13-15-17-19-20-22-24-26-28-30-32-34-36-43(46)52-41(40-51-53(47,48)50-38-37-44)39-49-42(45)35-33-31-29-27-25-23-21-18-16-14-12-10-8-6-4-2/h6,8,12,14,18,21-22,24-25,27-28,30,41H,3-5,7,9-11,13,15-17,19-20,23,26,29,31-40,44H2,1-2H3,(H,47,48)/b8-6+,14-12+,21-18+,24-22+,27-25+,30-28+/t41-/m1/s1. The molecule has 0 aliphatic heterocycles. The fraction of sp³-hybridized carbons (Fsp3) is 0.674. The number of carbonyl (C=O) groups excluding carboxylic acids is 2. The number of ether oxygens (including phenoxy) is 2. The van der Waals surface area contributed by atoms with Crippen molar-refractivity contribution in [3.05, 3.63) is 72.9 Å². The second-order valence-electron chi connectivity index (χ2n) is 13.1. The van der Waals surface area contributed by atoms with Crippen LogP contribution >= 0.6 is 7.82 Å². The Bertz CT molecular complexity index is 1100. The molecule has 3 N–H and O–H groups in total. The molecule has 0 saturated carbocycles. The van der Waals surface area contributed by atoms with E-state index >= 15 is 0 Å². The van der Waals surface area contributed by atoms with E-state index in [4.69, 9.17) is 24.3 Å². The molecule has 0 rings (SSSR count). The Morgan fingerprint density at radius 2 is 1.06 bits per heavy atom. The van der Waals surface area contributed by atoms with Crippen molar-refractivity contribution in [3.8, 4) is 0 Å². The quantitative estimate of drug-likeness (QED) is 0.0274. The zero-order valence-corrected chi connectivity index (χ0v) is 34.1. The number of esters is 2. The monoisotopic (exact) mass is 764 g/mol. The SMILES string of the molecule is CC/C=C/C/C=C/C/C=C/C/C=C/CCCCC(=O)OC[C@H](COP(=O)(O)OCCN)OC(=O)CCC/C=C/C/C=C/CCCCCCCCCCC. The maximum absolute atomic E-state index is 12.5. The zero-order chi connectivity index (χ0) is 38.9. The van der Waals surface area contributed by atoms with Crippen molar-refractivity contribution < 1.29 is 37.6 Å². The second-order valence-corrected chi connectivity index (χ2v) is 14.6. The fourth-order valence-corrected chi connectivity index (χ4v) is 5.84. The van der Waals surface area contributed by atoms with Crippen LogP contribution in [0.1, 0.15) is 155 Å². The number of hydrogen-bond acceptors (Lipinski definition) is 8. The molecule has 9 nitrogen and oxygen atoms in total. The molecule has 0 saturated heterocycles. The minimum atomic E-state index is -4.40. The van der Waals surface area contributed by atoms with Crippen LogP contribution in [0.25, 0.3) is 0 Å². The molecule has 0 fully saturated rings. The predicted octanol–water partition coefficient (Wildman–Crippen LogP) is 11.5. The Morgan fingerprint density at radius 1 is 0.585 bits per heavy atom. The van der Waals surface area contributed by atoms with E-state index in [9.17, 15) is 19.0 Å². The number of carbonyl (C=O) groups is 2. The van der Waals surface area contributed by atoms with Gasteiger partial charge in [-0.1, -0.05) is 138 Å². The summed E-state index contributed by atoms with van der Waals surface area (Å²) in [7, 11) is -4.40. The third-order valence-corrected chi connectivity index (χ3v) is 9.06. The first kappa shape index (κ1) is 50.5. The number of allylic oxidation sites excluding steroid dienone is 12. The third-order valence-electron chi connectivity index (χ3n) is 8.08. The van der Waals surface area contributed by atoms with Crippen molar-refractivity contribution in [2.75, 3.05) is 26.4 Å². The lowest BCUT2D eigenvalue weighted by Gasteiger charge is -2.19. The van der Waals surface area contributed by atoms with Gasteiger partial charge in [0.2, 0.25) is 0 Å². The zero-order valence-electron chi connectivity index (χ0n) is 33.2. The Labute approximate surface area is 322 Å². The van der Waals surface area contributed by atoms with Gasteiger partial charge < -0.3 is 20.1 Å². The van der Waals surface area contributed by atoms with E-state index in [1.54, 1.807) is 0 Å². The Balaban J connectivity index is 4.34. The number of nitrogens with two attached hydrogens (primary N) is 1. The normalized spacial score (nSPS) is 14.1. The van der Waals surface area contributed by atoms with Gasteiger partial charge in [0.15, 0.2) is 6.10 Å².